The zero-order chi connectivity index (χ0) is 13.7. The molecule has 0 aromatic heterocycles. The maximum Gasteiger partial charge on any atom is 0.189 e. The van der Waals surface area contributed by atoms with Crippen molar-refractivity contribution < 1.29 is 9.13 Å². The highest BCUT2D eigenvalue weighted by Gasteiger charge is 2.14. The zero-order valence-electron chi connectivity index (χ0n) is 10.5. The zero-order valence-corrected chi connectivity index (χ0v) is 12.1. The molecule has 19 heavy (non-hydrogen) atoms. The van der Waals surface area contributed by atoms with Crippen molar-refractivity contribution in [2.24, 2.45) is 10.7 Å². The number of nitrogens with one attached hydrogen (secondary N) is 1. The SMILES string of the molecule is NC(=NCc1cc(F)cc(Br)c1)NCC1CCCO1. The Morgan fingerprint density at radius 3 is 3.05 bits per heavy atom. The van der Waals surface area contributed by atoms with E-state index in [4.69, 9.17) is 10.5 Å². The summed E-state index contributed by atoms with van der Waals surface area (Å²) in [6.45, 7) is 1.84. The molecule has 1 aliphatic heterocycles. The molecule has 0 bridgehead atoms. The number of benzene rings is 1. The Bertz CT molecular complexity index is 441. The van der Waals surface area contributed by atoms with E-state index in [1.165, 1.54) is 12.1 Å². The highest BCUT2D eigenvalue weighted by molar-refractivity contribution is 9.10. The molecule has 6 heteroatoms. The topological polar surface area (TPSA) is 59.6 Å². The highest BCUT2D eigenvalue weighted by Crippen LogP contribution is 2.15. The molecule has 1 saturated heterocycles. The Morgan fingerprint density at radius 1 is 1.53 bits per heavy atom. The van der Waals surface area contributed by atoms with Gasteiger partial charge in [0.1, 0.15) is 5.82 Å². The lowest BCUT2D eigenvalue weighted by atomic mass is 10.2. The van der Waals surface area contributed by atoms with Crippen LogP contribution in [0.3, 0.4) is 0 Å². The number of ether oxygens (including phenoxy) is 1. The number of rotatable bonds is 4. The third-order valence-electron chi connectivity index (χ3n) is 2.89. The molecule has 1 aromatic carbocycles. The van der Waals surface area contributed by atoms with Crippen molar-refractivity contribution >= 4 is 21.9 Å². The summed E-state index contributed by atoms with van der Waals surface area (Å²) in [6.07, 6.45) is 2.37. The second kappa shape index (κ2) is 6.86. The Morgan fingerprint density at radius 2 is 2.37 bits per heavy atom. The van der Waals surface area contributed by atoms with E-state index in [-0.39, 0.29) is 11.9 Å². The first-order valence-electron chi connectivity index (χ1n) is 6.24. The van der Waals surface area contributed by atoms with E-state index in [1.807, 2.05) is 6.07 Å². The molecule has 1 unspecified atom stereocenters. The molecular weight excluding hydrogens is 313 g/mol. The van der Waals surface area contributed by atoms with Gasteiger partial charge in [0, 0.05) is 17.6 Å². The van der Waals surface area contributed by atoms with Crippen molar-refractivity contribution in [1.82, 2.24) is 5.32 Å². The predicted octanol–water partition coefficient (Wildman–Crippen LogP) is 2.17. The molecular formula is C13H17BrFN3O. The van der Waals surface area contributed by atoms with Gasteiger partial charge in [0.2, 0.25) is 0 Å². The molecule has 1 atom stereocenters. The molecule has 104 valence electrons. The fourth-order valence-corrected chi connectivity index (χ4v) is 2.47. The van der Waals surface area contributed by atoms with E-state index in [1.54, 1.807) is 0 Å². The molecule has 0 spiro atoms. The standard InChI is InChI=1S/C13H17BrFN3O/c14-10-4-9(5-11(15)6-10)7-17-13(16)18-8-12-2-1-3-19-12/h4-6,12H,1-3,7-8H2,(H3,16,17,18). The average Bonchev–Trinajstić information content (AvgIpc) is 2.86. The largest absolute Gasteiger partial charge is 0.376 e. The summed E-state index contributed by atoms with van der Waals surface area (Å²) in [6, 6.07) is 4.67. The minimum absolute atomic E-state index is 0.220. The van der Waals surface area contributed by atoms with Crippen LogP contribution in [0.25, 0.3) is 0 Å². The van der Waals surface area contributed by atoms with Gasteiger partial charge in [-0.3, -0.25) is 0 Å². The van der Waals surface area contributed by atoms with Crippen LogP contribution in [0.1, 0.15) is 18.4 Å². The van der Waals surface area contributed by atoms with Gasteiger partial charge in [-0.2, -0.15) is 0 Å². The Balaban J connectivity index is 1.82. The van der Waals surface area contributed by atoms with Crippen LogP contribution >= 0.6 is 15.9 Å². The average molecular weight is 330 g/mol. The van der Waals surface area contributed by atoms with Gasteiger partial charge < -0.3 is 15.8 Å². The molecule has 3 N–H and O–H groups in total. The van der Waals surface area contributed by atoms with Crippen LogP contribution in [0.2, 0.25) is 0 Å². The number of guanidine groups is 1. The summed E-state index contributed by atoms with van der Waals surface area (Å²) < 4.78 is 19.3. The van der Waals surface area contributed by atoms with Crippen LogP contribution < -0.4 is 11.1 Å². The lowest BCUT2D eigenvalue weighted by Crippen LogP contribution is -2.37. The monoisotopic (exact) mass is 329 g/mol. The second-order valence-electron chi connectivity index (χ2n) is 4.50. The molecule has 1 aliphatic rings. The summed E-state index contributed by atoms with van der Waals surface area (Å²) in [5.74, 6) is 0.0707. The fraction of sp³-hybridized carbons (Fsp3) is 0.462. The molecule has 0 amide bonds. The number of halogens is 2. The number of aliphatic imine (C=N–C) groups is 1. The van der Waals surface area contributed by atoms with E-state index in [0.29, 0.717) is 23.5 Å². The van der Waals surface area contributed by atoms with Crippen LogP contribution in [-0.4, -0.2) is 25.2 Å². The number of hydrogen-bond donors (Lipinski definition) is 2. The predicted molar refractivity (Wildman–Crippen MR) is 76.4 cm³/mol. The summed E-state index contributed by atoms with van der Waals surface area (Å²) in [5.41, 5.74) is 6.53. The summed E-state index contributed by atoms with van der Waals surface area (Å²) >= 11 is 3.24. The molecule has 1 heterocycles. The maximum absolute atomic E-state index is 13.2. The first kappa shape index (κ1) is 14.3. The summed E-state index contributed by atoms with van der Waals surface area (Å²) in [5, 5.41) is 3.02. The van der Waals surface area contributed by atoms with Crippen molar-refractivity contribution in [2.45, 2.75) is 25.5 Å². The molecule has 2 rings (SSSR count). The van der Waals surface area contributed by atoms with Gasteiger partial charge in [-0.1, -0.05) is 15.9 Å². The van der Waals surface area contributed by atoms with E-state index >= 15 is 0 Å². The smallest absolute Gasteiger partial charge is 0.189 e. The van der Waals surface area contributed by atoms with Gasteiger partial charge in [0.25, 0.3) is 0 Å². The highest BCUT2D eigenvalue weighted by atomic mass is 79.9. The molecule has 4 nitrogen and oxygen atoms in total. The fourth-order valence-electron chi connectivity index (χ4n) is 1.96. The Kier molecular flexibility index (Phi) is 5.15. The quantitative estimate of drug-likeness (QED) is 0.657. The Labute approximate surface area is 120 Å². The van der Waals surface area contributed by atoms with Crippen LogP contribution in [-0.2, 0) is 11.3 Å². The number of nitrogens with two attached hydrogens (primary N) is 1. The van der Waals surface area contributed by atoms with Gasteiger partial charge in [0.05, 0.1) is 12.6 Å². The minimum Gasteiger partial charge on any atom is -0.376 e. The number of hydrogen-bond acceptors (Lipinski definition) is 2. The van der Waals surface area contributed by atoms with E-state index in [9.17, 15) is 4.39 Å². The van der Waals surface area contributed by atoms with Gasteiger partial charge >= 0.3 is 0 Å². The first-order chi connectivity index (χ1) is 9.13. The van der Waals surface area contributed by atoms with Crippen molar-refractivity contribution in [3.05, 3.63) is 34.1 Å². The minimum atomic E-state index is -0.287. The summed E-state index contributed by atoms with van der Waals surface area (Å²) in [7, 11) is 0. The third kappa shape index (κ3) is 4.80. The molecule has 0 aliphatic carbocycles. The molecule has 1 fully saturated rings. The lowest BCUT2D eigenvalue weighted by molar-refractivity contribution is 0.114. The first-order valence-corrected chi connectivity index (χ1v) is 7.03. The van der Waals surface area contributed by atoms with Crippen molar-refractivity contribution in [3.8, 4) is 0 Å². The van der Waals surface area contributed by atoms with Crippen molar-refractivity contribution in [1.29, 1.82) is 0 Å². The van der Waals surface area contributed by atoms with Crippen molar-refractivity contribution in [3.63, 3.8) is 0 Å². The van der Waals surface area contributed by atoms with Crippen LogP contribution in [0, 0.1) is 5.82 Å². The maximum atomic E-state index is 13.2. The van der Waals surface area contributed by atoms with Crippen LogP contribution in [0.4, 0.5) is 4.39 Å². The van der Waals surface area contributed by atoms with Crippen molar-refractivity contribution in [2.75, 3.05) is 13.2 Å². The Hall–Kier alpha value is -1.14. The third-order valence-corrected chi connectivity index (χ3v) is 3.35. The van der Waals surface area contributed by atoms with E-state index in [2.05, 4.69) is 26.2 Å². The summed E-state index contributed by atoms with van der Waals surface area (Å²) in [4.78, 5) is 4.18. The van der Waals surface area contributed by atoms with Crippen LogP contribution in [0.15, 0.2) is 27.7 Å². The van der Waals surface area contributed by atoms with E-state index in [0.717, 1.165) is 25.0 Å². The normalized spacial score (nSPS) is 19.7. The molecule has 0 saturated carbocycles. The molecule has 0 radical (unpaired) electrons. The van der Waals surface area contributed by atoms with Gasteiger partial charge in [0.15, 0.2) is 5.96 Å². The lowest BCUT2D eigenvalue weighted by Gasteiger charge is -2.11. The molecule has 1 aromatic rings. The van der Waals surface area contributed by atoms with Crippen LogP contribution in [0.5, 0.6) is 0 Å². The number of nitrogens with zero attached hydrogens (tertiary/aromatic N) is 1. The van der Waals surface area contributed by atoms with E-state index < -0.39 is 0 Å². The van der Waals surface area contributed by atoms with Gasteiger partial charge in [-0.15, -0.1) is 0 Å². The second-order valence-corrected chi connectivity index (χ2v) is 5.41. The van der Waals surface area contributed by atoms with Gasteiger partial charge in [-0.05, 0) is 36.6 Å². The van der Waals surface area contributed by atoms with Gasteiger partial charge in [-0.25, -0.2) is 9.38 Å².